The van der Waals surface area contributed by atoms with Crippen molar-refractivity contribution in [2.45, 2.75) is 25.6 Å². The Morgan fingerprint density at radius 2 is 2.10 bits per heavy atom. The van der Waals surface area contributed by atoms with Gasteiger partial charge in [0, 0.05) is 0 Å². The van der Waals surface area contributed by atoms with Gasteiger partial charge in [0.25, 0.3) is 0 Å². The van der Waals surface area contributed by atoms with Crippen molar-refractivity contribution < 1.29 is 14.2 Å². The Labute approximate surface area is 121 Å². The van der Waals surface area contributed by atoms with Gasteiger partial charge in [-0.05, 0) is 53.8 Å². The lowest BCUT2D eigenvalue weighted by Gasteiger charge is -2.09. The zero-order valence-electron chi connectivity index (χ0n) is 10.8. The number of benzene rings is 2. The lowest BCUT2D eigenvalue weighted by atomic mass is 10.1. The van der Waals surface area contributed by atoms with Crippen molar-refractivity contribution in [3.8, 4) is 5.75 Å². The second-order valence-corrected chi connectivity index (χ2v) is 5.36. The molecule has 0 saturated heterocycles. The van der Waals surface area contributed by atoms with E-state index in [0.29, 0.717) is 6.61 Å². The van der Waals surface area contributed by atoms with E-state index in [1.54, 1.807) is 12.1 Å². The maximum Gasteiger partial charge on any atom is 0.141 e. The third-order valence-electron chi connectivity index (χ3n) is 3.55. The van der Waals surface area contributed by atoms with Crippen LogP contribution in [0.3, 0.4) is 0 Å². The molecule has 20 heavy (non-hydrogen) atoms. The Morgan fingerprint density at radius 1 is 1.25 bits per heavy atom. The second-order valence-electron chi connectivity index (χ2n) is 4.95. The summed E-state index contributed by atoms with van der Waals surface area (Å²) in [7, 11) is 0. The van der Waals surface area contributed by atoms with Gasteiger partial charge in [-0.3, -0.25) is 0 Å². The number of ether oxygens (including phenoxy) is 1. The van der Waals surface area contributed by atoms with E-state index in [-0.39, 0.29) is 11.1 Å². The molecule has 0 spiro atoms. The van der Waals surface area contributed by atoms with Crippen LogP contribution in [0.5, 0.6) is 5.75 Å². The van der Waals surface area contributed by atoms with Crippen molar-refractivity contribution >= 4 is 11.6 Å². The molecule has 0 aromatic heterocycles. The summed E-state index contributed by atoms with van der Waals surface area (Å²) in [4.78, 5) is 0. The minimum Gasteiger partial charge on any atom is -0.489 e. The fraction of sp³-hybridized carbons (Fsp3) is 0.250. The number of aliphatic hydroxyl groups excluding tert-OH is 1. The van der Waals surface area contributed by atoms with Gasteiger partial charge in [-0.15, -0.1) is 0 Å². The van der Waals surface area contributed by atoms with E-state index in [1.807, 2.05) is 18.2 Å². The predicted octanol–water partition coefficient (Wildman–Crippen LogP) is 4.04. The molecule has 3 rings (SSSR count). The molecule has 1 N–H and O–H groups in total. The SMILES string of the molecule is O[C@H]1CCc2cc(OCc3ccc(F)c(Cl)c3)ccc21. The van der Waals surface area contributed by atoms with Crippen molar-refractivity contribution in [1.82, 2.24) is 0 Å². The van der Waals surface area contributed by atoms with Crippen LogP contribution in [0.2, 0.25) is 5.02 Å². The highest BCUT2D eigenvalue weighted by atomic mass is 35.5. The average molecular weight is 293 g/mol. The molecule has 1 atom stereocenters. The summed E-state index contributed by atoms with van der Waals surface area (Å²) in [5.41, 5.74) is 2.94. The summed E-state index contributed by atoms with van der Waals surface area (Å²) in [5.74, 6) is 0.320. The lowest BCUT2D eigenvalue weighted by Crippen LogP contribution is -1.97. The Balaban J connectivity index is 1.71. The number of hydrogen-bond donors (Lipinski definition) is 1. The quantitative estimate of drug-likeness (QED) is 0.925. The molecule has 0 bridgehead atoms. The van der Waals surface area contributed by atoms with E-state index in [0.717, 1.165) is 35.3 Å². The fourth-order valence-corrected chi connectivity index (χ4v) is 2.66. The number of aliphatic hydroxyl groups is 1. The van der Waals surface area contributed by atoms with E-state index < -0.39 is 5.82 Å². The molecular weight excluding hydrogens is 279 g/mol. The first-order valence-electron chi connectivity index (χ1n) is 6.51. The minimum atomic E-state index is -0.429. The highest BCUT2D eigenvalue weighted by Crippen LogP contribution is 2.33. The highest BCUT2D eigenvalue weighted by Gasteiger charge is 2.20. The van der Waals surface area contributed by atoms with Gasteiger partial charge in [0.1, 0.15) is 18.2 Å². The number of hydrogen-bond acceptors (Lipinski definition) is 2. The summed E-state index contributed by atoms with van der Waals surface area (Å²) in [6, 6.07) is 10.3. The summed E-state index contributed by atoms with van der Waals surface area (Å²) in [6.07, 6.45) is 1.29. The zero-order valence-corrected chi connectivity index (χ0v) is 11.5. The van der Waals surface area contributed by atoms with Gasteiger partial charge in [0.2, 0.25) is 0 Å². The molecule has 0 amide bonds. The van der Waals surface area contributed by atoms with Crippen LogP contribution in [0, 0.1) is 5.82 Å². The first-order chi connectivity index (χ1) is 9.63. The monoisotopic (exact) mass is 292 g/mol. The van der Waals surface area contributed by atoms with Gasteiger partial charge in [0.15, 0.2) is 0 Å². The molecule has 0 heterocycles. The van der Waals surface area contributed by atoms with Crippen LogP contribution >= 0.6 is 11.6 Å². The molecule has 2 aromatic carbocycles. The van der Waals surface area contributed by atoms with Crippen molar-refractivity contribution in [3.63, 3.8) is 0 Å². The standard InChI is InChI=1S/C16H14ClFO2/c17-14-7-10(1-5-15(14)18)9-20-12-3-4-13-11(8-12)2-6-16(13)19/h1,3-5,7-8,16,19H,2,6,9H2/t16-/m0/s1. The van der Waals surface area contributed by atoms with Crippen LogP contribution in [-0.4, -0.2) is 5.11 Å². The molecule has 2 aromatic rings. The van der Waals surface area contributed by atoms with Gasteiger partial charge >= 0.3 is 0 Å². The molecule has 0 aliphatic heterocycles. The number of aryl methyl sites for hydroxylation is 1. The third kappa shape index (κ3) is 2.65. The third-order valence-corrected chi connectivity index (χ3v) is 3.84. The average Bonchev–Trinajstić information content (AvgIpc) is 2.81. The van der Waals surface area contributed by atoms with Crippen LogP contribution in [0.4, 0.5) is 4.39 Å². The number of fused-ring (bicyclic) bond motifs is 1. The number of rotatable bonds is 3. The Kier molecular flexibility index (Phi) is 3.64. The predicted molar refractivity (Wildman–Crippen MR) is 75.5 cm³/mol. The van der Waals surface area contributed by atoms with E-state index in [1.165, 1.54) is 6.07 Å². The van der Waals surface area contributed by atoms with Crippen LogP contribution in [0.15, 0.2) is 36.4 Å². The molecule has 1 aliphatic carbocycles. The van der Waals surface area contributed by atoms with Gasteiger partial charge in [-0.25, -0.2) is 4.39 Å². The molecule has 1 aliphatic rings. The zero-order chi connectivity index (χ0) is 14.1. The molecule has 104 valence electrons. The first kappa shape index (κ1) is 13.4. The van der Waals surface area contributed by atoms with Gasteiger partial charge < -0.3 is 9.84 Å². The number of halogens is 2. The van der Waals surface area contributed by atoms with Crippen molar-refractivity contribution in [1.29, 1.82) is 0 Å². The normalized spacial score (nSPS) is 17.1. The Bertz CT molecular complexity index is 642. The van der Waals surface area contributed by atoms with Gasteiger partial charge in [0.05, 0.1) is 11.1 Å². The van der Waals surface area contributed by atoms with Crippen LogP contribution in [0.25, 0.3) is 0 Å². The largest absolute Gasteiger partial charge is 0.489 e. The molecule has 4 heteroatoms. The summed E-state index contributed by atoms with van der Waals surface area (Å²) in [5, 5.41) is 9.85. The van der Waals surface area contributed by atoms with Crippen LogP contribution < -0.4 is 4.74 Å². The van der Waals surface area contributed by atoms with E-state index >= 15 is 0 Å². The maximum atomic E-state index is 13.1. The lowest BCUT2D eigenvalue weighted by molar-refractivity contribution is 0.180. The van der Waals surface area contributed by atoms with Crippen molar-refractivity contribution in [3.05, 3.63) is 63.9 Å². The molecule has 0 fully saturated rings. The highest BCUT2D eigenvalue weighted by molar-refractivity contribution is 6.30. The summed E-state index contributed by atoms with van der Waals surface area (Å²) in [6.45, 7) is 0.335. The maximum absolute atomic E-state index is 13.1. The fourth-order valence-electron chi connectivity index (χ4n) is 2.46. The van der Waals surface area contributed by atoms with Gasteiger partial charge in [-0.1, -0.05) is 23.7 Å². The molecule has 0 unspecified atom stereocenters. The van der Waals surface area contributed by atoms with Crippen LogP contribution in [0.1, 0.15) is 29.2 Å². The Hall–Kier alpha value is -1.58. The molecular formula is C16H14ClFO2. The van der Waals surface area contributed by atoms with Gasteiger partial charge in [-0.2, -0.15) is 0 Å². The second kappa shape index (κ2) is 5.43. The van der Waals surface area contributed by atoms with E-state index in [2.05, 4.69) is 0 Å². The van der Waals surface area contributed by atoms with E-state index in [4.69, 9.17) is 16.3 Å². The smallest absolute Gasteiger partial charge is 0.141 e. The molecule has 2 nitrogen and oxygen atoms in total. The first-order valence-corrected chi connectivity index (χ1v) is 6.89. The molecule has 0 radical (unpaired) electrons. The van der Waals surface area contributed by atoms with Crippen molar-refractivity contribution in [2.75, 3.05) is 0 Å². The minimum absolute atomic E-state index is 0.100. The Morgan fingerprint density at radius 3 is 2.90 bits per heavy atom. The molecule has 0 saturated carbocycles. The summed E-state index contributed by atoms with van der Waals surface area (Å²) < 4.78 is 18.7. The van der Waals surface area contributed by atoms with Crippen LogP contribution in [-0.2, 0) is 13.0 Å². The van der Waals surface area contributed by atoms with Crippen molar-refractivity contribution in [2.24, 2.45) is 0 Å². The topological polar surface area (TPSA) is 29.5 Å². The van der Waals surface area contributed by atoms with E-state index in [9.17, 15) is 9.50 Å². The summed E-state index contributed by atoms with van der Waals surface area (Å²) >= 11 is 5.73.